The number of carbonyl (C=O) groups excluding carboxylic acids is 2. The molecule has 9 nitrogen and oxygen atoms in total. The predicted octanol–water partition coefficient (Wildman–Crippen LogP) is 6.67. The summed E-state index contributed by atoms with van der Waals surface area (Å²) in [5, 5.41) is 3.16. The van der Waals surface area contributed by atoms with Gasteiger partial charge >= 0.3 is 6.09 Å². The van der Waals surface area contributed by atoms with E-state index in [0.29, 0.717) is 27.9 Å². The van der Waals surface area contributed by atoms with Crippen molar-refractivity contribution in [1.29, 1.82) is 0 Å². The second-order valence-corrected chi connectivity index (χ2v) is 13.3. The van der Waals surface area contributed by atoms with Crippen LogP contribution in [0.25, 0.3) is 10.9 Å². The van der Waals surface area contributed by atoms with E-state index in [9.17, 15) is 18.0 Å². The number of ketones is 1. The highest BCUT2D eigenvalue weighted by molar-refractivity contribution is 7.90. The van der Waals surface area contributed by atoms with Gasteiger partial charge < -0.3 is 19.7 Å². The fraction of sp³-hybridized carbons (Fsp3) is 0.222. The van der Waals surface area contributed by atoms with Crippen molar-refractivity contribution in [3.05, 3.63) is 132 Å². The minimum absolute atomic E-state index is 0.153. The molecule has 5 aromatic rings. The molecule has 0 saturated carbocycles. The summed E-state index contributed by atoms with van der Waals surface area (Å²) in [5.74, 6) is 0.373. The standard InChI is InChI=1S/C36H35N3O6S/c1-44-29-16-10-15-28(23-29)37-34(27-13-6-3-7-14-27)35(40)32-24-39(33-18-9-8-17-31(32)33)46(42,43)30-19-21-38(22-20-30)36(41)45-25-26-11-4-2-5-12-26/h2-18,23-24,30,34,37H,19-22,25H2,1H3. The summed E-state index contributed by atoms with van der Waals surface area (Å²) >= 11 is 0. The Hall–Kier alpha value is -5.09. The Bertz CT molecular complexity index is 1930. The van der Waals surface area contributed by atoms with E-state index < -0.39 is 27.4 Å². The van der Waals surface area contributed by atoms with E-state index in [2.05, 4.69) is 5.32 Å². The SMILES string of the molecule is COc1cccc(NC(C(=O)c2cn(S(=O)(=O)C3CCN(C(=O)OCc4ccccc4)CC3)c3ccccc23)c2ccccc2)c1. The quantitative estimate of drug-likeness (QED) is 0.171. The predicted molar refractivity (Wildman–Crippen MR) is 178 cm³/mol. The number of aromatic nitrogens is 1. The molecule has 1 aromatic heterocycles. The summed E-state index contributed by atoms with van der Waals surface area (Å²) in [7, 11) is -2.34. The summed E-state index contributed by atoms with van der Waals surface area (Å²) in [4.78, 5) is 28.6. The number of Topliss-reactive ketones (excluding diaryl/α,β-unsaturated/α-hetero) is 1. The van der Waals surface area contributed by atoms with Gasteiger partial charge in [-0.15, -0.1) is 0 Å². The van der Waals surface area contributed by atoms with E-state index in [1.54, 1.807) is 42.3 Å². The van der Waals surface area contributed by atoms with Crippen LogP contribution in [0.4, 0.5) is 10.5 Å². The van der Waals surface area contributed by atoms with Crippen LogP contribution in [-0.4, -0.2) is 54.6 Å². The van der Waals surface area contributed by atoms with Crippen LogP contribution < -0.4 is 10.1 Å². The molecule has 10 heteroatoms. The van der Waals surface area contributed by atoms with Crippen LogP contribution in [0.15, 0.2) is 115 Å². The summed E-state index contributed by atoms with van der Waals surface area (Å²) in [5.41, 5.74) is 3.04. The first-order chi connectivity index (χ1) is 22.3. The second kappa shape index (κ2) is 13.5. The molecule has 1 aliphatic heterocycles. The number of amides is 1. The lowest BCUT2D eigenvalue weighted by molar-refractivity contribution is 0.0896. The van der Waals surface area contributed by atoms with Crippen molar-refractivity contribution in [2.24, 2.45) is 0 Å². The number of nitrogens with zero attached hydrogens (tertiary/aromatic N) is 2. The fourth-order valence-electron chi connectivity index (χ4n) is 5.85. The van der Waals surface area contributed by atoms with Crippen molar-refractivity contribution in [3.8, 4) is 5.75 Å². The molecule has 0 spiro atoms. The molecule has 4 aromatic carbocycles. The van der Waals surface area contributed by atoms with Crippen molar-refractivity contribution < 1.29 is 27.5 Å². The summed E-state index contributed by atoms with van der Waals surface area (Å²) < 4.78 is 40.3. The molecule has 46 heavy (non-hydrogen) atoms. The van der Waals surface area contributed by atoms with Gasteiger partial charge in [0.25, 0.3) is 0 Å². The number of anilines is 1. The van der Waals surface area contributed by atoms with E-state index in [1.807, 2.05) is 78.9 Å². The van der Waals surface area contributed by atoms with E-state index in [4.69, 9.17) is 9.47 Å². The molecule has 1 unspecified atom stereocenters. The lowest BCUT2D eigenvalue weighted by Gasteiger charge is -2.31. The maximum atomic E-state index is 14.4. The normalized spacial score (nSPS) is 14.5. The maximum Gasteiger partial charge on any atom is 0.410 e. The Morgan fingerprint density at radius 3 is 2.26 bits per heavy atom. The number of methoxy groups -OCH3 is 1. The molecular weight excluding hydrogens is 602 g/mol. The minimum Gasteiger partial charge on any atom is -0.497 e. The van der Waals surface area contributed by atoms with Gasteiger partial charge in [-0.1, -0.05) is 84.9 Å². The van der Waals surface area contributed by atoms with E-state index >= 15 is 0 Å². The third-order valence-electron chi connectivity index (χ3n) is 8.32. The maximum absolute atomic E-state index is 14.4. The van der Waals surface area contributed by atoms with Crippen LogP contribution in [0.2, 0.25) is 0 Å². The number of piperidine rings is 1. The number of para-hydroxylation sites is 1. The van der Waals surface area contributed by atoms with Crippen molar-refractivity contribution in [1.82, 2.24) is 8.87 Å². The van der Waals surface area contributed by atoms with Crippen LogP contribution in [0.5, 0.6) is 5.75 Å². The van der Waals surface area contributed by atoms with Gasteiger partial charge in [-0.3, -0.25) is 4.79 Å². The molecule has 1 saturated heterocycles. The molecule has 2 heterocycles. The van der Waals surface area contributed by atoms with Crippen molar-refractivity contribution in [2.45, 2.75) is 30.7 Å². The third kappa shape index (κ3) is 6.48. The zero-order valence-electron chi connectivity index (χ0n) is 25.4. The van der Waals surface area contributed by atoms with E-state index in [1.165, 1.54) is 10.2 Å². The lowest BCUT2D eigenvalue weighted by Crippen LogP contribution is -2.43. The van der Waals surface area contributed by atoms with Gasteiger partial charge in [0.2, 0.25) is 10.0 Å². The molecule has 236 valence electrons. The van der Waals surface area contributed by atoms with Crippen LogP contribution in [-0.2, 0) is 21.4 Å². The molecule has 1 amide bonds. The van der Waals surface area contributed by atoms with E-state index in [-0.39, 0.29) is 38.3 Å². The smallest absolute Gasteiger partial charge is 0.410 e. The van der Waals surface area contributed by atoms with Gasteiger partial charge in [-0.2, -0.15) is 0 Å². The Morgan fingerprint density at radius 2 is 1.54 bits per heavy atom. The van der Waals surface area contributed by atoms with E-state index in [0.717, 1.165) is 11.1 Å². The molecule has 0 radical (unpaired) electrons. The Morgan fingerprint density at radius 1 is 0.870 bits per heavy atom. The first-order valence-corrected chi connectivity index (χ1v) is 16.7. The highest BCUT2D eigenvalue weighted by atomic mass is 32.2. The monoisotopic (exact) mass is 637 g/mol. The number of carbonyl (C=O) groups is 2. The van der Waals surface area contributed by atoms with Crippen molar-refractivity contribution >= 4 is 38.5 Å². The largest absolute Gasteiger partial charge is 0.497 e. The van der Waals surface area contributed by atoms with Crippen LogP contribution in [0.1, 0.15) is 40.4 Å². The van der Waals surface area contributed by atoms with Gasteiger partial charge in [-0.25, -0.2) is 17.2 Å². The number of fused-ring (bicyclic) bond motifs is 1. The van der Waals surface area contributed by atoms with Gasteiger partial charge in [-0.05, 0) is 42.2 Å². The van der Waals surface area contributed by atoms with Crippen molar-refractivity contribution in [2.75, 3.05) is 25.5 Å². The number of hydrogen-bond donors (Lipinski definition) is 1. The van der Waals surface area contributed by atoms with Crippen molar-refractivity contribution in [3.63, 3.8) is 0 Å². The molecule has 1 aliphatic rings. The van der Waals surface area contributed by atoms with Gasteiger partial charge in [0.1, 0.15) is 18.4 Å². The fourth-order valence-corrected chi connectivity index (χ4v) is 7.66. The zero-order chi connectivity index (χ0) is 32.1. The molecule has 1 atom stereocenters. The number of benzene rings is 4. The minimum atomic E-state index is -3.92. The Kier molecular flexibility index (Phi) is 9.07. The first-order valence-electron chi connectivity index (χ1n) is 15.1. The molecular formula is C36H35N3O6S. The van der Waals surface area contributed by atoms with Gasteiger partial charge in [0.05, 0.1) is 17.9 Å². The van der Waals surface area contributed by atoms with Gasteiger partial charge in [0.15, 0.2) is 5.78 Å². The number of hydrogen-bond acceptors (Lipinski definition) is 7. The average Bonchev–Trinajstić information content (AvgIpc) is 3.51. The summed E-state index contributed by atoms with van der Waals surface area (Å²) in [6.45, 7) is 0.660. The second-order valence-electron chi connectivity index (χ2n) is 11.2. The van der Waals surface area contributed by atoms with Gasteiger partial charge in [0, 0.05) is 42.0 Å². The molecule has 1 N–H and O–H groups in total. The number of rotatable bonds is 10. The average molecular weight is 638 g/mol. The third-order valence-corrected chi connectivity index (χ3v) is 10.5. The topological polar surface area (TPSA) is 107 Å². The Labute approximate surface area is 268 Å². The highest BCUT2D eigenvalue weighted by Gasteiger charge is 2.35. The summed E-state index contributed by atoms with van der Waals surface area (Å²) in [6.07, 6.45) is 1.49. The van der Waals surface area contributed by atoms with Crippen LogP contribution >= 0.6 is 0 Å². The summed E-state index contributed by atoms with van der Waals surface area (Å²) in [6, 6.07) is 32.3. The Balaban J connectivity index is 1.25. The number of nitrogens with one attached hydrogen (secondary N) is 1. The van der Waals surface area contributed by atoms with Crippen LogP contribution in [0, 0.1) is 0 Å². The zero-order valence-corrected chi connectivity index (χ0v) is 26.2. The molecule has 0 aliphatic carbocycles. The first kappa shape index (κ1) is 30.9. The number of ether oxygens (including phenoxy) is 2. The number of likely N-dealkylation sites (tertiary alicyclic amines) is 1. The molecule has 6 rings (SSSR count). The van der Waals surface area contributed by atoms with Crippen LogP contribution in [0.3, 0.4) is 0 Å². The lowest BCUT2D eigenvalue weighted by atomic mass is 9.96. The molecule has 1 fully saturated rings. The highest BCUT2D eigenvalue weighted by Crippen LogP contribution is 2.32. The molecule has 0 bridgehead atoms.